The van der Waals surface area contributed by atoms with Crippen molar-refractivity contribution < 1.29 is 39.8 Å². The van der Waals surface area contributed by atoms with Gasteiger partial charge < -0.3 is 10.0 Å². The van der Waals surface area contributed by atoms with Crippen LogP contribution in [-0.2, 0) is 42.7 Å². The summed E-state index contributed by atoms with van der Waals surface area (Å²) in [5, 5.41) is 8.55. The average molecular weight is 684 g/mol. The van der Waals surface area contributed by atoms with E-state index < -0.39 is 42.8 Å². The molecule has 0 aliphatic carbocycles. The smallest absolute Gasteiger partial charge is 0.570 e. The number of rotatable bonds is 7. The normalized spacial score (nSPS) is 11.6. The molecule has 0 aliphatic rings. The van der Waals surface area contributed by atoms with Gasteiger partial charge in [0.2, 0.25) is 0 Å². The molecule has 0 saturated carbocycles. The summed E-state index contributed by atoms with van der Waals surface area (Å²) in [5.74, 6) is 1.02. The van der Waals surface area contributed by atoms with Crippen LogP contribution < -0.4 is 4.98 Å². The van der Waals surface area contributed by atoms with Crippen LogP contribution in [0.25, 0.3) is 0 Å². The third-order valence-electron chi connectivity index (χ3n) is 6.00. The van der Waals surface area contributed by atoms with E-state index in [4.69, 9.17) is 8.52 Å². The Morgan fingerprint density at radius 2 is 1.24 bits per heavy atom. The largest absolute Gasteiger partial charge is 0.665 e. The van der Waals surface area contributed by atoms with Crippen LogP contribution in [-0.4, -0.2) is 44.2 Å². The van der Waals surface area contributed by atoms with Crippen molar-refractivity contribution in [1.29, 1.82) is 0 Å². The maximum atomic E-state index is 10.3. The van der Waals surface area contributed by atoms with Crippen LogP contribution in [0.1, 0.15) is 81.5 Å². The summed E-state index contributed by atoms with van der Waals surface area (Å²) < 4.78 is 49.0. The summed E-state index contributed by atoms with van der Waals surface area (Å²) >= 11 is -0.553. The number of benzene rings is 2. The van der Waals surface area contributed by atoms with Gasteiger partial charge in [0.05, 0.1) is 0 Å². The van der Waals surface area contributed by atoms with Crippen LogP contribution in [0.5, 0.6) is 0 Å². The molecule has 7 nitrogen and oxygen atoms in total. The minimum Gasteiger partial charge on any atom is -0.665 e. The first-order valence-corrected chi connectivity index (χ1v) is 19.3. The molecule has 0 atom stereocenters. The maximum absolute atomic E-state index is 10.3. The number of aromatic nitrogens is 1. The van der Waals surface area contributed by atoms with E-state index in [1.807, 2.05) is 26.0 Å². The van der Waals surface area contributed by atoms with Gasteiger partial charge in [0.1, 0.15) is 0 Å². The second-order valence-electron chi connectivity index (χ2n) is 11.2. The van der Waals surface area contributed by atoms with Gasteiger partial charge in [-0.05, 0) is 0 Å². The van der Waals surface area contributed by atoms with E-state index in [1.165, 1.54) is 22.4 Å². The number of hydrogen-bond donors (Lipinski definition) is 1. The molecule has 0 fully saturated rings. The molecule has 0 radical (unpaired) electrons. The average Bonchev–Trinajstić information content (AvgIpc) is 3.25. The quantitative estimate of drug-likeness (QED) is 0.309. The molecular formula is C30H44BMoN2O5S2-. The van der Waals surface area contributed by atoms with Crippen molar-refractivity contribution in [2.24, 2.45) is 3.50 Å². The molecule has 0 amide bonds. The van der Waals surface area contributed by atoms with Gasteiger partial charge in [-0.1, -0.05) is 26.0 Å². The van der Waals surface area contributed by atoms with Gasteiger partial charge in [-0.2, -0.15) is 11.4 Å². The van der Waals surface area contributed by atoms with E-state index in [2.05, 4.69) is 99.5 Å². The fourth-order valence-corrected chi connectivity index (χ4v) is 8.10. The van der Waals surface area contributed by atoms with E-state index in [-0.39, 0.29) is 5.41 Å². The fraction of sp³-hybridized carbons (Fsp3) is 0.433. The van der Waals surface area contributed by atoms with Crippen molar-refractivity contribution in [2.75, 3.05) is 12.5 Å². The molecule has 0 spiro atoms. The Labute approximate surface area is 255 Å². The fourth-order valence-electron chi connectivity index (χ4n) is 3.68. The van der Waals surface area contributed by atoms with Gasteiger partial charge in [0.15, 0.2) is 19.4 Å². The second-order valence-corrected chi connectivity index (χ2v) is 17.2. The molecule has 0 saturated heterocycles. The topological polar surface area (TPSA) is 115 Å². The third kappa shape index (κ3) is 12.8. The number of nitrogens with zero attached hydrogens (tertiary/aromatic N) is 2. The Morgan fingerprint density at radius 1 is 0.805 bits per heavy atom. The molecule has 1 N–H and O–H groups in total. The zero-order valence-electron chi connectivity index (χ0n) is 25.8. The van der Waals surface area contributed by atoms with E-state index >= 15 is 0 Å². The summed E-state index contributed by atoms with van der Waals surface area (Å²) in [6, 6.07) is 21.4. The molecule has 41 heavy (non-hydrogen) atoms. The summed E-state index contributed by atoms with van der Waals surface area (Å²) in [6.07, 6.45) is 1.30. The van der Waals surface area contributed by atoms with Crippen LogP contribution in [0, 0.1) is 13.8 Å². The van der Waals surface area contributed by atoms with Crippen LogP contribution >= 0.6 is 0 Å². The summed E-state index contributed by atoms with van der Waals surface area (Å²) in [7, 11) is -7.79. The van der Waals surface area contributed by atoms with Crippen molar-refractivity contribution in [3.8, 4) is 0 Å². The Kier molecular flexibility index (Phi) is 14.5. The summed E-state index contributed by atoms with van der Waals surface area (Å²) in [5.41, 5.74) is 5.40. The first-order valence-electron chi connectivity index (χ1n) is 13.3. The SMILES string of the molecule is CC(C)c1cccc(C(C)C)c1[N]=[Mo]=[CH]C(C)(C)c1ccccc1.CS(=O)(=O)B(O)S(C)(=O)=O.Cc1ccc(C)[n-]1. The summed E-state index contributed by atoms with van der Waals surface area (Å²) in [6.45, 7) is 17.6. The Balaban J connectivity index is 0.000000403. The number of hydrogen-bond acceptors (Lipinski definition) is 6. The third-order valence-corrected chi connectivity index (χ3v) is 12.0. The molecule has 0 unspecified atom stereocenters. The number of aryl methyl sites for hydroxylation is 2. The van der Waals surface area contributed by atoms with E-state index in [9.17, 15) is 16.8 Å². The molecule has 1 heterocycles. The minimum absolute atomic E-state index is 0.0811. The van der Waals surface area contributed by atoms with Gasteiger partial charge in [0, 0.05) is 12.5 Å². The Hall–Kier alpha value is -2.00. The maximum Gasteiger partial charge on any atom is 0.570 e. The monoisotopic (exact) mass is 685 g/mol. The molecule has 3 aromatic rings. The van der Waals surface area contributed by atoms with E-state index in [1.54, 1.807) is 0 Å². The van der Waals surface area contributed by atoms with Gasteiger partial charge in [-0.15, -0.1) is 0 Å². The molecule has 3 rings (SSSR count). The van der Waals surface area contributed by atoms with E-state index in [0.717, 1.165) is 11.4 Å². The van der Waals surface area contributed by atoms with Gasteiger partial charge in [-0.3, -0.25) is 0 Å². The van der Waals surface area contributed by atoms with Crippen molar-refractivity contribution in [1.82, 2.24) is 4.98 Å². The predicted octanol–water partition coefficient (Wildman–Crippen LogP) is 5.92. The first-order chi connectivity index (χ1) is 18.8. The minimum atomic E-state index is -3.89. The van der Waals surface area contributed by atoms with Crippen LogP contribution in [0.15, 0.2) is 64.2 Å². The van der Waals surface area contributed by atoms with Gasteiger partial charge >= 0.3 is 161 Å². The van der Waals surface area contributed by atoms with E-state index in [0.29, 0.717) is 24.3 Å². The van der Waals surface area contributed by atoms with Crippen LogP contribution in [0.3, 0.4) is 0 Å². The standard InChI is InChI=1S/C12H17N.C10H12.C6H8N.C2H7BO5S2.Mo/c1-8(2)10-6-5-7-11(9(3)4)12(10)13;1-10(2,3)9-7-5-4-6-8-9;1-5-3-4-6(2)7-5;1-9(5,6)3(4)10(2,7)8;/h5-9H,1-4H3;1,4-8H,2-3H3;3-4H,1-2H3;4H,1-2H3;/q;;-1;;. The zero-order chi connectivity index (χ0) is 31.6. The Bertz CT molecular complexity index is 1470. The van der Waals surface area contributed by atoms with Gasteiger partial charge in [0.25, 0.3) is 0 Å². The van der Waals surface area contributed by atoms with Crippen LogP contribution in [0.2, 0.25) is 0 Å². The molecule has 226 valence electrons. The summed E-state index contributed by atoms with van der Waals surface area (Å²) in [4.78, 5) is 4.11. The van der Waals surface area contributed by atoms with Crippen LogP contribution in [0.4, 0.5) is 5.69 Å². The molecule has 1 aromatic heterocycles. The predicted molar refractivity (Wildman–Crippen MR) is 169 cm³/mol. The molecule has 0 bridgehead atoms. The second kappa shape index (κ2) is 16.0. The Morgan fingerprint density at radius 3 is 1.56 bits per heavy atom. The first kappa shape index (κ1) is 37.0. The van der Waals surface area contributed by atoms with Crippen molar-refractivity contribution in [3.63, 3.8) is 0 Å². The van der Waals surface area contributed by atoms with Crippen molar-refractivity contribution >= 4 is 34.9 Å². The van der Waals surface area contributed by atoms with Crippen molar-refractivity contribution in [3.05, 3.63) is 88.7 Å². The molecular weight excluding hydrogens is 639 g/mol. The van der Waals surface area contributed by atoms with Gasteiger partial charge in [-0.25, -0.2) is 16.8 Å². The molecule has 11 heteroatoms. The zero-order valence-corrected chi connectivity index (χ0v) is 29.4. The molecule has 0 aliphatic heterocycles. The van der Waals surface area contributed by atoms with Crippen molar-refractivity contribution in [2.45, 2.75) is 72.6 Å². The molecule has 2 aromatic carbocycles.